The normalized spacial score (nSPS) is 21.3. The maximum Gasteiger partial charge on any atom is 0.203 e. The van der Waals surface area contributed by atoms with Gasteiger partial charge in [0, 0.05) is 12.2 Å². The summed E-state index contributed by atoms with van der Waals surface area (Å²) in [5.41, 5.74) is 0.803. The Bertz CT molecular complexity index is 809. The molecule has 1 atom stereocenters. The van der Waals surface area contributed by atoms with Gasteiger partial charge in [-0.05, 0) is 37.3 Å². The summed E-state index contributed by atoms with van der Waals surface area (Å²) in [6, 6.07) is 5.80. The minimum atomic E-state index is -2.88. The van der Waals surface area contributed by atoms with Crippen LogP contribution in [0.2, 0.25) is 0 Å². The molecule has 2 aromatic heterocycles. The molecule has 0 N–H and O–H groups in total. The van der Waals surface area contributed by atoms with E-state index in [-0.39, 0.29) is 17.5 Å². The van der Waals surface area contributed by atoms with Gasteiger partial charge < -0.3 is 0 Å². The lowest BCUT2D eigenvalue weighted by molar-refractivity contribution is 0.164. The van der Waals surface area contributed by atoms with Crippen LogP contribution in [-0.2, 0) is 16.5 Å². The average Bonchev–Trinajstić information content (AvgIpc) is 2.97. The van der Waals surface area contributed by atoms with Gasteiger partial charge in [-0.2, -0.15) is 5.10 Å². The van der Waals surface area contributed by atoms with Crippen LogP contribution in [0.25, 0.3) is 5.65 Å². The first-order chi connectivity index (χ1) is 10.00. The number of hydrogen-bond donors (Lipinski definition) is 0. The minimum absolute atomic E-state index is 0.0618. The highest BCUT2D eigenvalue weighted by atomic mass is 32.2. The zero-order valence-electron chi connectivity index (χ0n) is 11.8. The lowest BCUT2D eigenvalue weighted by atomic mass is 10.2. The third-order valence-corrected chi connectivity index (χ3v) is 6.09. The molecule has 1 aliphatic rings. The van der Waals surface area contributed by atoms with Crippen molar-refractivity contribution in [3.8, 4) is 0 Å². The Morgan fingerprint density at radius 1 is 1.48 bits per heavy atom. The molecule has 2 aromatic rings. The number of pyridine rings is 1. The van der Waals surface area contributed by atoms with Crippen LogP contribution in [-0.4, -0.2) is 51.6 Å². The van der Waals surface area contributed by atoms with Crippen LogP contribution in [0.5, 0.6) is 0 Å². The molecule has 114 valence electrons. The second-order valence-electron chi connectivity index (χ2n) is 5.31. The van der Waals surface area contributed by atoms with Crippen LogP contribution in [0.15, 0.2) is 24.4 Å². The molecule has 0 aromatic carbocycles. The number of rotatable bonds is 4. The molecule has 3 rings (SSSR count). The van der Waals surface area contributed by atoms with Gasteiger partial charge in [0.1, 0.15) is 0 Å². The van der Waals surface area contributed by atoms with Gasteiger partial charge in [0.25, 0.3) is 0 Å². The molecule has 0 saturated carbocycles. The maximum absolute atomic E-state index is 11.6. The van der Waals surface area contributed by atoms with Crippen LogP contribution in [0.1, 0.15) is 13.3 Å². The summed E-state index contributed by atoms with van der Waals surface area (Å²) in [5, 5.41) is 4.49. The largest absolute Gasteiger partial charge is 0.281 e. The smallest absolute Gasteiger partial charge is 0.203 e. The number of sulfone groups is 1. The van der Waals surface area contributed by atoms with E-state index >= 15 is 0 Å². The van der Waals surface area contributed by atoms with E-state index in [4.69, 9.17) is 12.2 Å². The topological polar surface area (TPSA) is 59.6 Å². The van der Waals surface area contributed by atoms with Crippen LogP contribution < -0.4 is 0 Å². The van der Waals surface area contributed by atoms with Crippen LogP contribution in [0, 0.1) is 4.77 Å². The molecule has 1 unspecified atom stereocenters. The Balaban J connectivity index is 1.86. The predicted molar refractivity (Wildman–Crippen MR) is 83.5 cm³/mol. The Morgan fingerprint density at radius 3 is 2.90 bits per heavy atom. The molecule has 6 nitrogen and oxygen atoms in total. The van der Waals surface area contributed by atoms with Crippen molar-refractivity contribution >= 4 is 27.7 Å². The lowest BCUT2D eigenvalue weighted by Crippen LogP contribution is -2.37. The van der Waals surface area contributed by atoms with Crippen LogP contribution >= 0.6 is 12.2 Å². The Kier molecular flexibility index (Phi) is 3.85. The SMILES string of the molecule is CCN(Cn1nc2ccccn2c1=S)C1CCS(=O)(=O)C1. The molecule has 0 aliphatic carbocycles. The molecule has 8 heteroatoms. The van der Waals surface area contributed by atoms with E-state index in [0.29, 0.717) is 17.9 Å². The van der Waals surface area contributed by atoms with Crippen molar-refractivity contribution in [3.05, 3.63) is 29.2 Å². The van der Waals surface area contributed by atoms with Gasteiger partial charge in [-0.3, -0.25) is 9.30 Å². The molecule has 21 heavy (non-hydrogen) atoms. The van der Waals surface area contributed by atoms with Gasteiger partial charge in [-0.15, -0.1) is 0 Å². The van der Waals surface area contributed by atoms with E-state index in [9.17, 15) is 8.42 Å². The number of fused-ring (bicyclic) bond motifs is 1. The third-order valence-electron chi connectivity index (χ3n) is 3.94. The fourth-order valence-electron chi connectivity index (χ4n) is 2.77. The second kappa shape index (κ2) is 5.51. The van der Waals surface area contributed by atoms with Crippen LogP contribution in [0.3, 0.4) is 0 Å². The van der Waals surface area contributed by atoms with Gasteiger partial charge in [-0.1, -0.05) is 13.0 Å². The van der Waals surface area contributed by atoms with Crippen molar-refractivity contribution in [1.29, 1.82) is 0 Å². The van der Waals surface area contributed by atoms with Gasteiger partial charge in [0.2, 0.25) is 4.77 Å². The van der Waals surface area contributed by atoms with E-state index in [1.807, 2.05) is 35.7 Å². The molecule has 1 saturated heterocycles. The first-order valence-corrected chi connectivity index (χ1v) is 9.22. The van der Waals surface area contributed by atoms with E-state index < -0.39 is 9.84 Å². The minimum Gasteiger partial charge on any atom is -0.281 e. The zero-order valence-corrected chi connectivity index (χ0v) is 13.5. The standard InChI is InChI=1S/C13H18N4O2S2/c1-2-15(11-6-8-21(18,19)9-11)10-17-13(20)16-7-4-3-5-12(16)14-17/h3-5,7,11H,2,6,8-10H2,1H3. The number of hydrogen-bond acceptors (Lipinski definition) is 5. The highest BCUT2D eigenvalue weighted by Crippen LogP contribution is 2.18. The number of nitrogens with zero attached hydrogens (tertiary/aromatic N) is 4. The van der Waals surface area contributed by atoms with Crippen molar-refractivity contribution in [2.24, 2.45) is 0 Å². The van der Waals surface area contributed by atoms with E-state index in [0.717, 1.165) is 12.2 Å². The quantitative estimate of drug-likeness (QED) is 0.794. The molecule has 0 bridgehead atoms. The third kappa shape index (κ3) is 2.88. The molecule has 0 spiro atoms. The molecular weight excluding hydrogens is 308 g/mol. The first-order valence-electron chi connectivity index (χ1n) is 6.99. The summed E-state index contributed by atoms with van der Waals surface area (Å²) in [6.07, 6.45) is 2.58. The van der Waals surface area contributed by atoms with Gasteiger partial charge in [0.15, 0.2) is 15.5 Å². The molecule has 1 fully saturated rings. The first kappa shape index (κ1) is 14.7. The number of aromatic nitrogens is 3. The summed E-state index contributed by atoms with van der Waals surface area (Å²) in [7, 11) is -2.88. The molecule has 1 aliphatic heterocycles. The van der Waals surface area contributed by atoms with Crippen molar-refractivity contribution in [2.75, 3.05) is 18.1 Å². The Hall–Kier alpha value is -1.25. The van der Waals surface area contributed by atoms with E-state index in [2.05, 4.69) is 10.00 Å². The monoisotopic (exact) mass is 326 g/mol. The maximum atomic E-state index is 11.6. The van der Waals surface area contributed by atoms with E-state index in [1.165, 1.54) is 0 Å². The van der Waals surface area contributed by atoms with Crippen molar-refractivity contribution in [3.63, 3.8) is 0 Å². The molecule has 0 radical (unpaired) electrons. The Labute approximate surface area is 128 Å². The molecule has 3 heterocycles. The second-order valence-corrected chi connectivity index (χ2v) is 7.91. The molecule has 0 amide bonds. The van der Waals surface area contributed by atoms with Crippen molar-refractivity contribution in [2.45, 2.75) is 26.1 Å². The van der Waals surface area contributed by atoms with Gasteiger partial charge in [0.05, 0.1) is 18.2 Å². The van der Waals surface area contributed by atoms with Crippen molar-refractivity contribution in [1.82, 2.24) is 19.1 Å². The summed E-state index contributed by atoms with van der Waals surface area (Å²) in [4.78, 5) is 2.13. The van der Waals surface area contributed by atoms with Crippen molar-refractivity contribution < 1.29 is 8.42 Å². The summed E-state index contributed by atoms with van der Waals surface area (Å²) in [6.45, 7) is 3.33. The van der Waals surface area contributed by atoms with E-state index in [1.54, 1.807) is 4.68 Å². The summed E-state index contributed by atoms with van der Waals surface area (Å²) >= 11 is 5.43. The van der Waals surface area contributed by atoms with Gasteiger partial charge in [-0.25, -0.2) is 13.1 Å². The highest BCUT2D eigenvalue weighted by Gasteiger charge is 2.31. The fraction of sp³-hybridized carbons (Fsp3) is 0.538. The lowest BCUT2D eigenvalue weighted by Gasteiger charge is -2.25. The summed E-state index contributed by atoms with van der Waals surface area (Å²) < 4.78 is 27.5. The predicted octanol–water partition coefficient (Wildman–Crippen LogP) is 1.33. The van der Waals surface area contributed by atoms with Crippen LogP contribution in [0.4, 0.5) is 0 Å². The molecular formula is C13H18N4O2S2. The Morgan fingerprint density at radius 2 is 2.29 bits per heavy atom. The fourth-order valence-corrected chi connectivity index (χ4v) is 4.78. The highest BCUT2D eigenvalue weighted by molar-refractivity contribution is 7.91. The van der Waals surface area contributed by atoms with Gasteiger partial charge >= 0.3 is 0 Å². The summed E-state index contributed by atoms with van der Waals surface area (Å²) in [5.74, 6) is 0.520. The average molecular weight is 326 g/mol. The zero-order chi connectivity index (χ0) is 15.0.